The van der Waals surface area contributed by atoms with Gasteiger partial charge < -0.3 is 72.5 Å². The van der Waals surface area contributed by atoms with Gasteiger partial charge in [-0.2, -0.15) is 0 Å². The summed E-state index contributed by atoms with van der Waals surface area (Å²) in [6, 6.07) is -2.68. The Kier molecular flexibility index (Phi) is 8.21. The quantitative estimate of drug-likeness (QED) is 0.179. The molecule has 0 radical (unpaired) electrons. The summed E-state index contributed by atoms with van der Waals surface area (Å²) in [7, 11) is 0. The molecular formula is C17H34N4O10. The number of ether oxygens (including phenoxy) is 4. The molecule has 2 aliphatic heterocycles. The lowest BCUT2D eigenvalue weighted by Gasteiger charge is -2.42. The Morgan fingerprint density at radius 3 is 1.81 bits per heavy atom. The van der Waals surface area contributed by atoms with Crippen LogP contribution in [0.4, 0.5) is 0 Å². The van der Waals surface area contributed by atoms with Gasteiger partial charge in [0.2, 0.25) is 0 Å². The molecule has 1 saturated carbocycles. The van der Waals surface area contributed by atoms with Crippen LogP contribution in [0.5, 0.6) is 0 Å². The van der Waals surface area contributed by atoms with Crippen molar-refractivity contribution in [2.45, 2.75) is 92.1 Å². The molecule has 0 bridgehead atoms. The molecule has 14 atom stereocenters. The summed E-state index contributed by atoms with van der Waals surface area (Å²) in [4.78, 5) is 0. The second kappa shape index (κ2) is 10.1. The highest BCUT2D eigenvalue weighted by atomic mass is 16.7. The number of nitrogens with two attached hydrogens (primary N) is 4. The molecule has 0 aromatic rings. The van der Waals surface area contributed by atoms with E-state index in [2.05, 4.69) is 0 Å². The second-order valence-corrected chi connectivity index (χ2v) is 8.30. The van der Waals surface area contributed by atoms with Crippen LogP contribution in [0.1, 0.15) is 6.42 Å². The van der Waals surface area contributed by atoms with Crippen molar-refractivity contribution in [2.75, 3.05) is 13.2 Å². The third kappa shape index (κ3) is 4.87. The number of aliphatic hydroxyl groups is 6. The Balaban J connectivity index is 1.70. The highest BCUT2D eigenvalue weighted by molar-refractivity contribution is 4.99. The molecule has 1 aliphatic carbocycles. The SMILES string of the molecule is NC[C@@H]1O[C@H](O[C@H]2[C@@H](O)[C@H](OC3[C@@H](O)[C@H](N)C[C@H](N)[C@H]3O)O[C@@H]2CO)[C@H](N)[C@@H](O)[C@@H]1O. The largest absolute Gasteiger partial charge is 0.394 e. The minimum absolute atomic E-state index is 0.123. The molecular weight excluding hydrogens is 420 g/mol. The maximum absolute atomic E-state index is 10.7. The zero-order valence-electron chi connectivity index (χ0n) is 16.8. The van der Waals surface area contributed by atoms with E-state index in [4.69, 9.17) is 41.9 Å². The Morgan fingerprint density at radius 2 is 1.26 bits per heavy atom. The topological polar surface area (TPSA) is 262 Å². The maximum atomic E-state index is 10.7. The third-order valence-electron chi connectivity index (χ3n) is 6.13. The number of rotatable bonds is 6. The molecule has 3 fully saturated rings. The van der Waals surface area contributed by atoms with Crippen molar-refractivity contribution in [2.24, 2.45) is 22.9 Å². The average Bonchev–Trinajstić information content (AvgIpc) is 3.04. The molecule has 182 valence electrons. The number of hydrogen-bond acceptors (Lipinski definition) is 14. The third-order valence-corrected chi connectivity index (χ3v) is 6.13. The van der Waals surface area contributed by atoms with Gasteiger partial charge in [-0.05, 0) is 6.42 Å². The van der Waals surface area contributed by atoms with Crippen molar-refractivity contribution in [3.63, 3.8) is 0 Å². The Hall–Kier alpha value is -0.560. The number of hydrogen-bond donors (Lipinski definition) is 10. The summed E-state index contributed by atoms with van der Waals surface area (Å²) in [5.74, 6) is 0. The molecule has 2 heterocycles. The summed E-state index contributed by atoms with van der Waals surface area (Å²) >= 11 is 0. The molecule has 0 spiro atoms. The van der Waals surface area contributed by atoms with Crippen molar-refractivity contribution in [3.05, 3.63) is 0 Å². The van der Waals surface area contributed by atoms with E-state index in [0.717, 1.165) is 0 Å². The van der Waals surface area contributed by atoms with Gasteiger partial charge in [0.05, 0.1) is 24.9 Å². The normalized spacial score (nSPS) is 53.6. The van der Waals surface area contributed by atoms with Gasteiger partial charge in [-0.3, -0.25) is 0 Å². The van der Waals surface area contributed by atoms with Crippen LogP contribution < -0.4 is 22.9 Å². The summed E-state index contributed by atoms with van der Waals surface area (Å²) in [6.45, 7) is -0.703. The fraction of sp³-hybridized carbons (Fsp3) is 1.00. The van der Waals surface area contributed by atoms with Gasteiger partial charge in [-0.25, -0.2) is 0 Å². The van der Waals surface area contributed by atoms with Crippen molar-refractivity contribution in [3.8, 4) is 0 Å². The van der Waals surface area contributed by atoms with Crippen molar-refractivity contribution < 1.29 is 49.6 Å². The van der Waals surface area contributed by atoms with Gasteiger partial charge in [0.1, 0.15) is 42.7 Å². The van der Waals surface area contributed by atoms with E-state index in [0.29, 0.717) is 0 Å². The first-order valence-corrected chi connectivity index (χ1v) is 10.2. The van der Waals surface area contributed by atoms with Crippen molar-refractivity contribution in [1.82, 2.24) is 0 Å². The summed E-state index contributed by atoms with van der Waals surface area (Å²) in [5.41, 5.74) is 23.1. The van der Waals surface area contributed by atoms with E-state index in [9.17, 15) is 30.6 Å². The van der Waals surface area contributed by atoms with Crippen LogP contribution in [0.3, 0.4) is 0 Å². The molecule has 0 amide bonds. The molecule has 14 heteroatoms. The van der Waals surface area contributed by atoms with Crippen molar-refractivity contribution in [1.29, 1.82) is 0 Å². The fourth-order valence-electron chi connectivity index (χ4n) is 4.16. The zero-order chi connectivity index (χ0) is 23.0. The Morgan fingerprint density at radius 1 is 0.710 bits per heavy atom. The van der Waals surface area contributed by atoms with Gasteiger partial charge in [-0.1, -0.05) is 0 Å². The van der Waals surface area contributed by atoms with Gasteiger partial charge in [-0.15, -0.1) is 0 Å². The first-order valence-electron chi connectivity index (χ1n) is 10.2. The molecule has 3 rings (SSSR count). The van der Waals surface area contributed by atoms with E-state index >= 15 is 0 Å². The smallest absolute Gasteiger partial charge is 0.187 e. The van der Waals surface area contributed by atoms with E-state index in [1.54, 1.807) is 0 Å². The molecule has 14 N–H and O–H groups in total. The summed E-state index contributed by atoms with van der Waals surface area (Å²) in [6.07, 6.45) is -13.8. The van der Waals surface area contributed by atoms with Crippen LogP contribution in [0, 0.1) is 0 Å². The monoisotopic (exact) mass is 454 g/mol. The van der Waals surface area contributed by atoms with Crippen LogP contribution in [0.2, 0.25) is 0 Å². The molecule has 2 saturated heterocycles. The molecule has 3 aliphatic rings. The molecule has 14 nitrogen and oxygen atoms in total. The van der Waals surface area contributed by atoms with Crippen molar-refractivity contribution >= 4 is 0 Å². The van der Waals surface area contributed by atoms with E-state index in [1.807, 2.05) is 0 Å². The van der Waals surface area contributed by atoms with Crippen LogP contribution in [0.25, 0.3) is 0 Å². The lowest BCUT2D eigenvalue weighted by molar-refractivity contribution is -0.280. The average molecular weight is 454 g/mol. The minimum atomic E-state index is -1.50. The van der Waals surface area contributed by atoms with E-state index in [1.165, 1.54) is 0 Å². The lowest BCUT2D eigenvalue weighted by atomic mass is 9.84. The molecule has 0 aromatic carbocycles. The van der Waals surface area contributed by atoms with Crippen LogP contribution in [-0.4, -0.2) is 129 Å². The summed E-state index contributed by atoms with van der Waals surface area (Å²) < 4.78 is 22.3. The highest BCUT2D eigenvalue weighted by Crippen LogP contribution is 2.32. The van der Waals surface area contributed by atoms with Crippen LogP contribution in [0.15, 0.2) is 0 Å². The minimum Gasteiger partial charge on any atom is -0.394 e. The zero-order valence-corrected chi connectivity index (χ0v) is 16.8. The molecule has 1 unspecified atom stereocenters. The van der Waals surface area contributed by atoms with Gasteiger partial charge in [0, 0.05) is 18.6 Å². The van der Waals surface area contributed by atoms with E-state index in [-0.39, 0.29) is 13.0 Å². The Labute approximate surface area is 178 Å². The molecule has 0 aromatic heterocycles. The highest BCUT2D eigenvalue weighted by Gasteiger charge is 2.52. The second-order valence-electron chi connectivity index (χ2n) is 8.30. The summed E-state index contributed by atoms with van der Waals surface area (Å²) in [5, 5.41) is 61.0. The predicted molar refractivity (Wildman–Crippen MR) is 102 cm³/mol. The van der Waals surface area contributed by atoms with Crippen LogP contribution in [-0.2, 0) is 18.9 Å². The lowest BCUT2D eigenvalue weighted by Crippen LogP contribution is -2.64. The first-order chi connectivity index (χ1) is 14.6. The predicted octanol–water partition coefficient (Wildman–Crippen LogP) is -6.65. The fourth-order valence-corrected chi connectivity index (χ4v) is 4.16. The van der Waals surface area contributed by atoms with Gasteiger partial charge in [0.15, 0.2) is 12.6 Å². The standard InChI is InChI=1S/C17H34N4O10/c18-2-6-11(25)12(26)8(21)16(28-6)30-14-7(3-22)29-17(13(14)27)31-15-9(23)4(19)1-5(20)10(15)24/h4-17,22-27H,1-3,18-21H2/t4-,5+,6-,7+,8+,9+,10-,11+,12+,13+,14+,15?,16+,17-/m0/s1. The van der Waals surface area contributed by atoms with Crippen LogP contribution >= 0.6 is 0 Å². The van der Waals surface area contributed by atoms with Gasteiger partial charge in [0.25, 0.3) is 0 Å². The van der Waals surface area contributed by atoms with E-state index < -0.39 is 92.2 Å². The number of aliphatic hydroxyl groups excluding tert-OH is 6. The Bertz CT molecular complexity index is 577. The first kappa shape index (κ1) is 25.1. The van der Waals surface area contributed by atoms with Gasteiger partial charge >= 0.3 is 0 Å². The molecule has 31 heavy (non-hydrogen) atoms. The maximum Gasteiger partial charge on any atom is 0.187 e.